The largest absolute Gasteiger partial charge is 0.341 e. The van der Waals surface area contributed by atoms with E-state index in [4.69, 9.17) is 0 Å². The fourth-order valence-electron chi connectivity index (χ4n) is 2.85. The highest BCUT2D eigenvalue weighted by molar-refractivity contribution is 5.61. The third-order valence-corrected chi connectivity index (χ3v) is 4.19. The van der Waals surface area contributed by atoms with Gasteiger partial charge in [0.25, 0.3) is 6.43 Å². The molecule has 5 heteroatoms. The molecule has 0 aliphatic carbocycles. The molecule has 1 aromatic carbocycles. The highest BCUT2D eigenvalue weighted by atomic mass is 19.3. The van der Waals surface area contributed by atoms with Gasteiger partial charge < -0.3 is 4.90 Å². The van der Waals surface area contributed by atoms with E-state index in [1.54, 1.807) is 0 Å². The van der Waals surface area contributed by atoms with Crippen LogP contribution < -0.4 is 4.90 Å². The standard InChI is InChI=1S/C18H21F2N3/c1-13-6-8-14(9-7-13)15-12-16(17(19)20)22-18(21-15)23-10-4-2-3-5-11-23/h6-9,12,17H,2-5,10-11H2,1H3. The molecule has 0 N–H and O–H groups in total. The lowest BCUT2D eigenvalue weighted by Gasteiger charge is -2.21. The second-order valence-electron chi connectivity index (χ2n) is 6.05. The minimum Gasteiger partial charge on any atom is -0.341 e. The molecular weight excluding hydrogens is 296 g/mol. The molecule has 0 bridgehead atoms. The Balaban J connectivity index is 2.00. The number of anilines is 1. The minimum absolute atomic E-state index is 0.199. The van der Waals surface area contributed by atoms with Gasteiger partial charge in [-0.05, 0) is 25.8 Å². The summed E-state index contributed by atoms with van der Waals surface area (Å²) in [5.74, 6) is 0.431. The zero-order valence-electron chi connectivity index (χ0n) is 13.3. The lowest BCUT2D eigenvalue weighted by atomic mass is 10.1. The van der Waals surface area contributed by atoms with E-state index in [-0.39, 0.29) is 5.69 Å². The van der Waals surface area contributed by atoms with Crippen molar-refractivity contribution in [3.63, 3.8) is 0 Å². The van der Waals surface area contributed by atoms with Crippen molar-refractivity contribution in [1.29, 1.82) is 0 Å². The molecular formula is C18H21F2N3. The van der Waals surface area contributed by atoms with Crippen LogP contribution in [0, 0.1) is 6.92 Å². The third-order valence-electron chi connectivity index (χ3n) is 4.19. The Morgan fingerprint density at radius 1 is 0.957 bits per heavy atom. The van der Waals surface area contributed by atoms with Crippen LogP contribution in [0.4, 0.5) is 14.7 Å². The Kier molecular flexibility index (Phi) is 4.84. The van der Waals surface area contributed by atoms with Crippen LogP contribution in [0.5, 0.6) is 0 Å². The lowest BCUT2D eigenvalue weighted by molar-refractivity contribution is 0.146. The molecule has 1 fully saturated rings. The van der Waals surface area contributed by atoms with Gasteiger partial charge in [-0.2, -0.15) is 0 Å². The van der Waals surface area contributed by atoms with E-state index in [9.17, 15) is 8.78 Å². The molecule has 2 aromatic rings. The van der Waals surface area contributed by atoms with Gasteiger partial charge >= 0.3 is 0 Å². The van der Waals surface area contributed by atoms with Gasteiger partial charge in [-0.3, -0.25) is 0 Å². The zero-order chi connectivity index (χ0) is 16.2. The van der Waals surface area contributed by atoms with Crippen LogP contribution in [0.3, 0.4) is 0 Å². The van der Waals surface area contributed by atoms with Crippen LogP contribution in [0.1, 0.15) is 43.4 Å². The van der Waals surface area contributed by atoms with Gasteiger partial charge in [0.05, 0.1) is 5.69 Å². The first kappa shape index (κ1) is 15.8. The predicted molar refractivity (Wildman–Crippen MR) is 87.8 cm³/mol. The van der Waals surface area contributed by atoms with Crippen LogP contribution in [0.25, 0.3) is 11.3 Å². The summed E-state index contributed by atoms with van der Waals surface area (Å²) in [4.78, 5) is 10.7. The Hall–Kier alpha value is -2.04. The van der Waals surface area contributed by atoms with E-state index in [1.807, 2.05) is 36.1 Å². The molecule has 0 spiro atoms. The molecule has 3 nitrogen and oxygen atoms in total. The van der Waals surface area contributed by atoms with Gasteiger partial charge in [0.2, 0.25) is 5.95 Å². The molecule has 122 valence electrons. The highest BCUT2D eigenvalue weighted by Gasteiger charge is 2.18. The first-order chi connectivity index (χ1) is 11.1. The average molecular weight is 317 g/mol. The smallest absolute Gasteiger partial charge is 0.280 e. The number of hydrogen-bond donors (Lipinski definition) is 0. The van der Waals surface area contributed by atoms with Crippen molar-refractivity contribution in [2.75, 3.05) is 18.0 Å². The Labute approximate surface area is 135 Å². The van der Waals surface area contributed by atoms with E-state index in [0.29, 0.717) is 11.6 Å². The number of rotatable bonds is 3. The maximum atomic E-state index is 13.2. The van der Waals surface area contributed by atoms with Gasteiger partial charge in [-0.15, -0.1) is 0 Å². The van der Waals surface area contributed by atoms with Crippen molar-refractivity contribution in [3.8, 4) is 11.3 Å². The van der Waals surface area contributed by atoms with Gasteiger partial charge in [0, 0.05) is 18.7 Å². The summed E-state index contributed by atoms with van der Waals surface area (Å²) >= 11 is 0. The van der Waals surface area contributed by atoms with Crippen molar-refractivity contribution in [1.82, 2.24) is 9.97 Å². The minimum atomic E-state index is -2.59. The highest BCUT2D eigenvalue weighted by Crippen LogP contribution is 2.27. The fourth-order valence-corrected chi connectivity index (χ4v) is 2.85. The van der Waals surface area contributed by atoms with Gasteiger partial charge in [-0.25, -0.2) is 18.7 Å². The van der Waals surface area contributed by atoms with E-state index >= 15 is 0 Å². The molecule has 0 radical (unpaired) electrons. The molecule has 3 rings (SSSR count). The van der Waals surface area contributed by atoms with E-state index in [2.05, 4.69) is 9.97 Å². The van der Waals surface area contributed by atoms with Gasteiger partial charge in [0.1, 0.15) is 5.69 Å². The van der Waals surface area contributed by atoms with E-state index in [1.165, 1.54) is 18.9 Å². The zero-order valence-corrected chi connectivity index (χ0v) is 13.3. The fraction of sp³-hybridized carbons (Fsp3) is 0.444. The number of aromatic nitrogens is 2. The van der Waals surface area contributed by atoms with Crippen LogP contribution in [-0.2, 0) is 0 Å². The monoisotopic (exact) mass is 317 g/mol. The molecule has 1 aromatic heterocycles. The summed E-state index contributed by atoms with van der Waals surface area (Å²) in [6, 6.07) is 9.16. The number of alkyl halides is 2. The number of nitrogens with zero attached hydrogens (tertiary/aromatic N) is 3. The van der Waals surface area contributed by atoms with Gasteiger partial charge in [-0.1, -0.05) is 42.7 Å². The van der Waals surface area contributed by atoms with Crippen molar-refractivity contribution >= 4 is 5.95 Å². The number of hydrogen-bond acceptors (Lipinski definition) is 3. The van der Waals surface area contributed by atoms with Crippen LogP contribution in [0.2, 0.25) is 0 Å². The first-order valence-corrected chi connectivity index (χ1v) is 8.12. The summed E-state index contributed by atoms with van der Waals surface area (Å²) in [6.45, 7) is 3.66. The van der Waals surface area contributed by atoms with E-state index in [0.717, 1.165) is 37.1 Å². The Morgan fingerprint density at radius 3 is 2.22 bits per heavy atom. The number of benzene rings is 1. The first-order valence-electron chi connectivity index (χ1n) is 8.12. The van der Waals surface area contributed by atoms with Crippen LogP contribution >= 0.6 is 0 Å². The van der Waals surface area contributed by atoms with Crippen molar-refractivity contribution in [2.24, 2.45) is 0 Å². The second kappa shape index (κ2) is 7.02. The number of aryl methyl sites for hydroxylation is 1. The molecule has 1 aliphatic rings. The second-order valence-corrected chi connectivity index (χ2v) is 6.05. The van der Waals surface area contributed by atoms with Crippen LogP contribution in [-0.4, -0.2) is 23.1 Å². The van der Waals surface area contributed by atoms with Gasteiger partial charge in [0.15, 0.2) is 0 Å². The topological polar surface area (TPSA) is 29.0 Å². The normalized spacial score (nSPS) is 15.7. The summed E-state index contributed by atoms with van der Waals surface area (Å²) < 4.78 is 26.5. The molecule has 23 heavy (non-hydrogen) atoms. The maximum Gasteiger partial charge on any atom is 0.280 e. The summed E-state index contributed by atoms with van der Waals surface area (Å²) in [5, 5.41) is 0. The molecule has 0 atom stereocenters. The summed E-state index contributed by atoms with van der Waals surface area (Å²) in [6.07, 6.45) is 1.88. The molecule has 0 saturated carbocycles. The number of halogens is 2. The van der Waals surface area contributed by atoms with Crippen molar-refractivity contribution < 1.29 is 8.78 Å². The van der Waals surface area contributed by atoms with E-state index < -0.39 is 6.43 Å². The average Bonchev–Trinajstić information content (AvgIpc) is 2.84. The Morgan fingerprint density at radius 2 is 1.61 bits per heavy atom. The molecule has 1 aliphatic heterocycles. The summed E-state index contributed by atoms with van der Waals surface area (Å²) in [7, 11) is 0. The quantitative estimate of drug-likeness (QED) is 0.816. The molecule has 2 heterocycles. The molecule has 0 unspecified atom stereocenters. The summed E-state index contributed by atoms with van der Waals surface area (Å²) in [5.41, 5.74) is 2.34. The maximum absolute atomic E-state index is 13.2. The van der Waals surface area contributed by atoms with Crippen LogP contribution in [0.15, 0.2) is 30.3 Å². The molecule has 1 saturated heterocycles. The Bertz CT molecular complexity index is 648. The van der Waals surface area contributed by atoms with Crippen molar-refractivity contribution in [2.45, 2.75) is 39.0 Å². The predicted octanol–water partition coefficient (Wildman–Crippen LogP) is 4.77. The SMILES string of the molecule is Cc1ccc(-c2cc(C(F)F)nc(N3CCCCCC3)n2)cc1. The van der Waals surface area contributed by atoms with Crippen molar-refractivity contribution in [3.05, 3.63) is 41.6 Å². The third kappa shape index (κ3) is 3.84. The lowest BCUT2D eigenvalue weighted by Crippen LogP contribution is -2.26. The molecule has 0 amide bonds.